The molecule has 0 spiro atoms. The minimum atomic E-state index is 0.0671. The zero-order valence-electron chi connectivity index (χ0n) is 22.6. The third-order valence-electron chi connectivity index (χ3n) is 8.79. The van der Waals surface area contributed by atoms with E-state index in [9.17, 15) is 4.79 Å². The fourth-order valence-corrected chi connectivity index (χ4v) is 6.08. The van der Waals surface area contributed by atoms with E-state index in [-0.39, 0.29) is 16.2 Å². The molecule has 0 amide bonds. The zero-order valence-corrected chi connectivity index (χ0v) is 22.6. The highest BCUT2D eigenvalue weighted by Gasteiger charge is 2.62. The Hall–Kier alpha value is -1.89. The van der Waals surface area contributed by atoms with Crippen molar-refractivity contribution in [2.24, 2.45) is 16.7 Å². The number of Topliss-reactive ketones (excluding diaryl/α,β-unsaturated/α-hetero) is 1. The Morgan fingerprint density at radius 1 is 0.788 bits per heavy atom. The van der Waals surface area contributed by atoms with Crippen molar-refractivity contribution in [3.05, 3.63) is 70.8 Å². The molecule has 0 saturated heterocycles. The fraction of sp³-hybridized carbons (Fsp3) is 0.594. The number of rotatable bonds is 3. The van der Waals surface area contributed by atoms with Crippen LogP contribution in [-0.4, -0.2) is 5.78 Å². The first kappa shape index (κ1) is 25.7. The van der Waals surface area contributed by atoms with Gasteiger partial charge in [0.1, 0.15) is 5.78 Å². The molecule has 2 aromatic rings. The Labute approximate surface area is 203 Å². The van der Waals surface area contributed by atoms with E-state index in [1.165, 1.54) is 28.7 Å². The van der Waals surface area contributed by atoms with Gasteiger partial charge in [-0.15, -0.1) is 0 Å². The molecule has 2 aliphatic rings. The van der Waals surface area contributed by atoms with E-state index in [4.69, 9.17) is 0 Å². The molecule has 1 heteroatoms. The van der Waals surface area contributed by atoms with E-state index in [0.717, 1.165) is 25.7 Å². The molecule has 0 radical (unpaired) electrons. The predicted octanol–water partition coefficient (Wildman–Crippen LogP) is 8.66. The van der Waals surface area contributed by atoms with Crippen molar-refractivity contribution in [1.82, 2.24) is 0 Å². The lowest BCUT2D eigenvalue weighted by atomic mass is 9.67. The summed E-state index contributed by atoms with van der Waals surface area (Å²) < 4.78 is 0. The molecule has 33 heavy (non-hydrogen) atoms. The van der Waals surface area contributed by atoms with Crippen LogP contribution in [0.15, 0.2) is 48.5 Å². The number of carbonyl (C=O) groups excluding carboxylic acids is 1. The van der Waals surface area contributed by atoms with E-state index < -0.39 is 0 Å². The molecule has 0 heterocycles. The number of benzene rings is 2. The van der Waals surface area contributed by atoms with Crippen molar-refractivity contribution in [3.63, 3.8) is 0 Å². The molecular formula is C32H46O. The summed E-state index contributed by atoms with van der Waals surface area (Å²) in [5.74, 6) is 1.23. The van der Waals surface area contributed by atoms with Crippen molar-refractivity contribution in [2.45, 2.75) is 105 Å². The van der Waals surface area contributed by atoms with Crippen LogP contribution in [0.2, 0.25) is 0 Å². The average molecular weight is 447 g/mol. The van der Waals surface area contributed by atoms with Gasteiger partial charge in [-0.25, -0.2) is 0 Å². The van der Waals surface area contributed by atoms with Gasteiger partial charge in [0, 0.05) is 11.8 Å². The third kappa shape index (κ3) is 5.13. The highest BCUT2D eigenvalue weighted by molar-refractivity contribution is 5.89. The highest BCUT2D eigenvalue weighted by atomic mass is 16.1. The SMILES string of the molecule is CC(C)(C)c1ccc(Cc2ccc(C(C)(C)C)cc2)cc1.CCC12CCC(CC1=O)C2(C)C. The molecule has 0 aromatic heterocycles. The summed E-state index contributed by atoms with van der Waals surface area (Å²) in [5.41, 5.74) is 6.37. The van der Waals surface area contributed by atoms with Crippen LogP contribution in [0.5, 0.6) is 0 Å². The number of carbonyl (C=O) groups is 1. The van der Waals surface area contributed by atoms with E-state index in [2.05, 4.69) is 111 Å². The second-order valence-electron chi connectivity index (χ2n) is 13.1. The zero-order chi connectivity index (χ0) is 24.7. The highest BCUT2D eigenvalue weighted by Crippen LogP contribution is 2.65. The first-order chi connectivity index (χ1) is 15.2. The van der Waals surface area contributed by atoms with Crippen LogP contribution in [0, 0.1) is 16.7 Å². The van der Waals surface area contributed by atoms with Gasteiger partial charge in [0.15, 0.2) is 0 Å². The van der Waals surface area contributed by atoms with Crippen molar-refractivity contribution >= 4 is 5.78 Å². The summed E-state index contributed by atoms with van der Waals surface area (Å²) in [4.78, 5) is 11.8. The molecule has 4 rings (SSSR count). The summed E-state index contributed by atoms with van der Waals surface area (Å²) in [5, 5.41) is 0. The average Bonchev–Trinajstić information content (AvgIpc) is 3.09. The molecule has 2 aliphatic carbocycles. The molecule has 0 aliphatic heterocycles. The minimum Gasteiger partial charge on any atom is -0.299 e. The summed E-state index contributed by atoms with van der Waals surface area (Å²) in [6, 6.07) is 18.1. The van der Waals surface area contributed by atoms with E-state index in [1.807, 2.05) is 0 Å². The molecule has 1 nitrogen and oxygen atoms in total. The largest absolute Gasteiger partial charge is 0.299 e. The van der Waals surface area contributed by atoms with Gasteiger partial charge in [-0.2, -0.15) is 0 Å². The first-order valence-corrected chi connectivity index (χ1v) is 12.9. The lowest BCUT2D eigenvalue weighted by molar-refractivity contribution is -0.129. The van der Waals surface area contributed by atoms with Crippen molar-refractivity contribution < 1.29 is 4.79 Å². The maximum Gasteiger partial charge on any atom is 0.139 e. The van der Waals surface area contributed by atoms with E-state index >= 15 is 0 Å². The van der Waals surface area contributed by atoms with Crippen molar-refractivity contribution in [2.75, 3.05) is 0 Å². The van der Waals surface area contributed by atoms with E-state index in [1.54, 1.807) is 0 Å². The Morgan fingerprint density at radius 2 is 1.21 bits per heavy atom. The molecule has 180 valence electrons. The molecule has 2 unspecified atom stereocenters. The van der Waals surface area contributed by atoms with Crippen LogP contribution in [0.25, 0.3) is 0 Å². The van der Waals surface area contributed by atoms with Gasteiger partial charge in [0.25, 0.3) is 0 Å². The van der Waals surface area contributed by atoms with Crippen molar-refractivity contribution in [1.29, 1.82) is 0 Å². The molecule has 2 saturated carbocycles. The molecule has 2 fully saturated rings. The summed E-state index contributed by atoms with van der Waals surface area (Å²) in [7, 11) is 0. The summed E-state index contributed by atoms with van der Waals surface area (Å²) >= 11 is 0. The third-order valence-corrected chi connectivity index (χ3v) is 8.79. The summed E-state index contributed by atoms with van der Waals surface area (Å²) in [6.07, 6.45) is 5.36. The number of fused-ring (bicyclic) bond motifs is 2. The Bertz CT molecular complexity index is 892. The second kappa shape index (κ2) is 9.05. The van der Waals surface area contributed by atoms with Gasteiger partial charge in [0.05, 0.1) is 0 Å². The predicted molar refractivity (Wildman–Crippen MR) is 142 cm³/mol. The maximum atomic E-state index is 11.8. The number of ketones is 1. The lowest BCUT2D eigenvalue weighted by Gasteiger charge is -2.35. The Morgan fingerprint density at radius 3 is 1.45 bits per heavy atom. The van der Waals surface area contributed by atoms with Crippen LogP contribution in [0.4, 0.5) is 0 Å². The van der Waals surface area contributed by atoms with Crippen molar-refractivity contribution in [3.8, 4) is 0 Å². The van der Waals surface area contributed by atoms with Gasteiger partial charge < -0.3 is 0 Å². The summed E-state index contributed by atoms with van der Waals surface area (Å²) in [6.45, 7) is 20.3. The number of hydrogen-bond donors (Lipinski definition) is 0. The molecular weight excluding hydrogens is 400 g/mol. The van der Waals surface area contributed by atoms with Crippen LogP contribution in [0.1, 0.15) is 110 Å². The van der Waals surface area contributed by atoms with E-state index in [0.29, 0.717) is 17.1 Å². The smallest absolute Gasteiger partial charge is 0.139 e. The molecule has 2 aromatic carbocycles. The quantitative estimate of drug-likeness (QED) is 0.461. The van der Waals surface area contributed by atoms with Crippen LogP contribution >= 0.6 is 0 Å². The van der Waals surface area contributed by atoms with Gasteiger partial charge in [0.2, 0.25) is 0 Å². The Kier molecular flexibility index (Phi) is 7.05. The molecule has 2 atom stereocenters. The van der Waals surface area contributed by atoms with Gasteiger partial charge in [-0.1, -0.05) is 111 Å². The van der Waals surface area contributed by atoms with Gasteiger partial charge >= 0.3 is 0 Å². The monoisotopic (exact) mass is 446 g/mol. The van der Waals surface area contributed by atoms with Crippen LogP contribution in [0.3, 0.4) is 0 Å². The molecule has 2 bridgehead atoms. The van der Waals surface area contributed by atoms with Gasteiger partial charge in [-0.3, -0.25) is 4.79 Å². The van der Waals surface area contributed by atoms with Crippen LogP contribution < -0.4 is 0 Å². The topological polar surface area (TPSA) is 17.1 Å². The fourth-order valence-electron chi connectivity index (χ4n) is 6.08. The minimum absolute atomic E-state index is 0.0671. The van der Waals surface area contributed by atoms with Gasteiger partial charge in [-0.05, 0) is 70.1 Å². The maximum absolute atomic E-state index is 11.8. The second-order valence-corrected chi connectivity index (χ2v) is 13.1. The normalized spacial score (nSPS) is 23.9. The van der Waals surface area contributed by atoms with Crippen LogP contribution in [-0.2, 0) is 22.0 Å². The lowest BCUT2D eigenvalue weighted by Crippen LogP contribution is -2.34. The molecule has 0 N–H and O–H groups in total. The first-order valence-electron chi connectivity index (χ1n) is 12.9. The Balaban J connectivity index is 0.000000215. The number of hydrogen-bond acceptors (Lipinski definition) is 1. The standard InChI is InChI=1S/C21H28.C11H18O/c1-20(2,3)18-11-7-16(8-12-18)15-17-9-13-19(14-10-17)21(4,5)6;1-4-11-6-5-8(7-9(11)12)10(11,2)3/h7-14H,15H2,1-6H3;8H,4-7H2,1-3H3.